The molecule has 1 aliphatic rings. The molecule has 5 heteroatoms. The van der Waals surface area contributed by atoms with E-state index in [-0.39, 0.29) is 17.7 Å². The number of aryl methyl sites for hydroxylation is 2. The van der Waals surface area contributed by atoms with Crippen LogP contribution < -0.4 is 10.2 Å². The number of anilines is 1. The Morgan fingerprint density at radius 1 is 1.19 bits per heavy atom. The van der Waals surface area contributed by atoms with Crippen molar-refractivity contribution in [2.45, 2.75) is 46.7 Å². The summed E-state index contributed by atoms with van der Waals surface area (Å²) in [6.45, 7) is 9.61. The number of nitrogens with zero attached hydrogens (tertiary/aromatic N) is 1. The number of halogens is 1. The number of rotatable bonds is 2. The van der Waals surface area contributed by atoms with Crippen molar-refractivity contribution in [3.63, 3.8) is 0 Å². The molecule has 0 aliphatic carbocycles. The first kappa shape index (κ1) is 16.0. The third kappa shape index (κ3) is 2.84. The molecule has 1 heterocycles. The standard InChI is InChI=1S/C16H21BrN2O2/c1-8(2)14-16(21)19(11(5)15(20)18-14)12-6-9(3)13(17)10(4)7-12/h6-8,11,14H,1-5H3,(H,18,20). The summed E-state index contributed by atoms with van der Waals surface area (Å²) in [4.78, 5) is 26.5. The molecule has 2 atom stereocenters. The van der Waals surface area contributed by atoms with Crippen LogP contribution in [0.25, 0.3) is 0 Å². The molecular weight excluding hydrogens is 332 g/mol. The fourth-order valence-corrected chi connectivity index (χ4v) is 2.89. The van der Waals surface area contributed by atoms with E-state index in [0.717, 1.165) is 21.3 Å². The maximum atomic E-state index is 12.7. The first-order valence-electron chi connectivity index (χ1n) is 7.14. The Hall–Kier alpha value is -1.36. The van der Waals surface area contributed by atoms with Crippen LogP contribution in [0, 0.1) is 19.8 Å². The van der Waals surface area contributed by atoms with E-state index in [0.29, 0.717) is 0 Å². The Morgan fingerprint density at radius 2 is 1.71 bits per heavy atom. The summed E-state index contributed by atoms with van der Waals surface area (Å²) >= 11 is 3.53. The van der Waals surface area contributed by atoms with E-state index in [1.807, 2.05) is 39.8 Å². The monoisotopic (exact) mass is 352 g/mol. The number of amides is 2. The Morgan fingerprint density at radius 3 is 2.19 bits per heavy atom. The van der Waals surface area contributed by atoms with Gasteiger partial charge in [0.15, 0.2) is 0 Å². The lowest BCUT2D eigenvalue weighted by Gasteiger charge is -2.39. The normalized spacial score (nSPS) is 22.7. The second-order valence-electron chi connectivity index (χ2n) is 6.01. The minimum atomic E-state index is -0.493. The highest BCUT2D eigenvalue weighted by Crippen LogP contribution is 2.30. The summed E-state index contributed by atoms with van der Waals surface area (Å²) in [6, 6.07) is 2.94. The van der Waals surface area contributed by atoms with Gasteiger partial charge in [0.25, 0.3) is 5.91 Å². The van der Waals surface area contributed by atoms with Crippen LogP contribution in [-0.4, -0.2) is 23.9 Å². The Bertz CT molecular complexity index is 575. The van der Waals surface area contributed by atoms with Gasteiger partial charge in [-0.25, -0.2) is 0 Å². The van der Waals surface area contributed by atoms with Crippen molar-refractivity contribution in [3.05, 3.63) is 27.7 Å². The molecule has 0 saturated carbocycles. The van der Waals surface area contributed by atoms with Gasteiger partial charge in [-0.1, -0.05) is 29.8 Å². The van der Waals surface area contributed by atoms with Crippen LogP contribution in [0.5, 0.6) is 0 Å². The maximum Gasteiger partial charge on any atom is 0.250 e. The third-order valence-corrected chi connectivity index (χ3v) is 5.18. The van der Waals surface area contributed by atoms with Gasteiger partial charge in [-0.05, 0) is 49.9 Å². The minimum Gasteiger partial charge on any atom is -0.342 e. The predicted octanol–water partition coefficient (Wildman–Crippen LogP) is 2.94. The van der Waals surface area contributed by atoms with Gasteiger partial charge in [0.05, 0.1) is 0 Å². The zero-order chi connectivity index (χ0) is 15.9. The number of piperazine rings is 1. The highest BCUT2D eigenvalue weighted by atomic mass is 79.9. The van der Waals surface area contributed by atoms with Crippen molar-refractivity contribution in [2.24, 2.45) is 5.92 Å². The van der Waals surface area contributed by atoms with Gasteiger partial charge in [-0.2, -0.15) is 0 Å². The van der Waals surface area contributed by atoms with Crippen molar-refractivity contribution in [3.8, 4) is 0 Å². The molecule has 21 heavy (non-hydrogen) atoms. The molecule has 1 aromatic carbocycles. The highest BCUT2D eigenvalue weighted by Gasteiger charge is 2.40. The third-order valence-electron chi connectivity index (χ3n) is 3.93. The van der Waals surface area contributed by atoms with Crippen molar-refractivity contribution in [2.75, 3.05) is 4.90 Å². The number of hydrogen-bond acceptors (Lipinski definition) is 2. The van der Waals surface area contributed by atoms with Gasteiger partial charge in [0.1, 0.15) is 12.1 Å². The fraction of sp³-hybridized carbons (Fsp3) is 0.500. The summed E-state index contributed by atoms with van der Waals surface area (Å²) in [7, 11) is 0. The first-order valence-corrected chi connectivity index (χ1v) is 7.93. The summed E-state index contributed by atoms with van der Waals surface area (Å²) in [5, 5.41) is 2.82. The van der Waals surface area contributed by atoms with Crippen molar-refractivity contribution in [1.29, 1.82) is 0 Å². The maximum absolute atomic E-state index is 12.7. The van der Waals surface area contributed by atoms with Crippen LogP contribution >= 0.6 is 15.9 Å². The predicted molar refractivity (Wildman–Crippen MR) is 87.3 cm³/mol. The Kier molecular flexibility index (Phi) is 4.42. The average molecular weight is 353 g/mol. The van der Waals surface area contributed by atoms with E-state index in [4.69, 9.17) is 0 Å². The molecule has 2 rings (SSSR count). The molecule has 4 nitrogen and oxygen atoms in total. The number of carbonyl (C=O) groups is 2. The Balaban J connectivity index is 2.49. The minimum absolute atomic E-state index is 0.0433. The van der Waals surface area contributed by atoms with Gasteiger partial charge in [-0.3, -0.25) is 14.5 Å². The summed E-state index contributed by atoms with van der Waals surface area (Å²) in [6.07, 6.45) is 0. The zero-order valence-corrected chi connectivity index (χ0v) is 14.6. The second-order valence-corrected chi connectivity index (χ2v) is 6.80. The quantitative estimate of drug-likeness (QED) is 0.889. The lowest BCUT2D eigenvalue weighted by molar-refractivity contribution is -0.134. The van der Waals surface area contributed by atoms with Crippen LogP contribution in [0.2, 0.25) is 0 Å². The number of carbonyl (C=O) groups excluding carboxylic acids is 2. The first-order chi connectivity index (χ1) is 9.73. The molecule has 0 aromatic heterocycles. The largest absolute Gasteiger partial charge is 0.342 e. The summed E-state index contributed by atoms with van der Waals surface area (Å²) in [5.74, 6) is -0.0844. The lowest BCUT2D eigenvalue weighted by atomic mass is 9.97. The molecule has 1 fully saturated rings. The van der Waals surface area contributed by atoms with Gasteiger partial charge in [0, 0.05) is 10.2 Å². The molecular formula is C16H21BrN2O2. The topological polar surface area (TPSA) is 49.4 Å². The highest BCUT2D eigenvalue weighted by molar-refractivity contribution is 9.10. The molecule has 1 aliphatic heterocycles. The van der Waals surface area contributed by atoms with Crippen LogP contribution in [0.15, 0.2) is 16.6 Å². The van der Waals surface area contributed by atoms with E-state index in [9.17, 15) is 9.59 Å². The van der Waals surface area contributed by atoms with Crippen LogP contribution in [0.4, 0.5) is 5.69 Å². The molecule has 1 aromatic rings. The second kappa shape index (κ2) is 5.79. The average Bonchev–Trinajstić information content (AvgIpc) is 2.40. The number of hydrogen-bond donors (Lipinski definition) is 1. The molecule has 0 spiro atoms. The van der Waals surface area contributed by atoms with Gasteiger partial charge in [-0.15, -0.1) is 0 Å². The van der Waals surface area contributed by atoms with E-state index in [1.165, 1.54) is 0 Å². The zero-order valence-electron chi connectivity index (χ0n) is 13.0. The fourth-order valence-electron chi connectivity index (χ4n) is 2.66. The van der Waals surface area contributed by atoms with Crippen molar-refractivity contribution in [1.82, 2.24) is 5.32 Å². The summed E-state index contributed by atoms with van der Waals surface area (Å²) < 4.78 is 1.04. The number of nitrogens with one attached hydrogen (secondary N) is 1. The molecule has 1 saturated heterocycles. The number of benzene rings is 1. The van der Waals surface area contributed by atoms with Gasteiger partial charge < -0.3 is 5.32 Å². The molecule has 0 radical (unpaired) electrons. The Labute approximate surface area is 134 Å². The lowest BCUT2D eigenvalue weighted by Crippen LogP contribution is -2.64. The molecule has 2 amide bonds. The van der Waals surface area contributed by atoms with Crippen LogP contribution in [0.1, 0.15) is 31.9 Å². The summed E-state index contributed by atoms with van der Waals surface area (Å²) in [5.41, 5.74) is 2.89. The van der Waals surface area contributed by atoms with E-state index < -0.39 is 12.1 Å². The van der Waals surface area contributed by atoms with Gasteiger partial charge >= 0.3 is 0 Å². The van der Waals surface area contributed by atoms with Crippen LogP contribution in [-0.2, 0) is 9.59 Å². The van der Waals surface area contributed by atoms with E-state index in [2.05, 4.69) is 21.2 Å². The SMILES string of the molecule is Cc1cc(N2C(=O)C(C(C)C)NC(=O)C2C)cc(C)c1Br. The van der Waals surface area contributed by atoms with Gasteiger partial charge in [0.2, 0.25) is 5.91 Å². The van der Waals surface area contributed by atoms with Crippen molar-refractivity contribution < 1.29 is 9.59 Å². The van der Waals surface area contributed by atoms with E-state index in [1.54, 1.807) is 11.8 Å². The smallest absolute Gasteiger partial charge is 0.250 e. The van der Waals surface area contributed by atoms with Crippen LogP contribution in [0.3, 0.4) is 0 Å². The van der Waals surface area contributed by atoms with E-state index >= 15 is 0 Å². The molecule has 114 valence electrons. The molecule has 0 bridgehead atoms. The molecule has 1 N–H and O–H groups in total. The van der Waals surface area contributed by atoms with Crippen molar-refractivity contribution >= 4 is 33.4 Å². The molecule has 2 unspecified atom stereocenters.